The maximum absolute atomic E-state index is 14.0. The van der Waals surface area contributed by atoms with E-state index in [4.69, 9.17) is 9.84 Å². The van der Waals surface area contributed by atoms with Crippen molar-refractivity contribution in [1.82, 2.24) is 5.32 Å². The number of nitrogens with zero attached hydrogens (tertiary/aromatic N) is 1. The van der Waals surface area contributed by atoms with Crippen LogP contribution in [0.5, 0.6) is 11.5 Å². The minimum absolute atomic E-state index is 0.0288. The van der Waals surface area contributed by atoms with E-state index >= 15 is 0 Å². The second kappa shape index (κ2) is 7.61. The molecule has 0 spiro atoms. The SMILES string of the molecule is Cc1ccc(Oc2ccc([N+](=O)[O-])c(C(NC(=O)O)C(C)(C)C)c2)c(F)c1. The minimum atomic E-state index is -1.31. The topological polar surface area (TPSA) is 102 Å². The van der Waals surface area contributed by atoms with Crippen molar-refractivity contribution in [2.24, 2.45) is 5.41 Å². The van der Waals surface area contributed by atoms with Crippen LogP contribution in [-0.2, 0) is 0 Å². The fourth-order valence-electron chi connectivity index (χ4n) is 2.69. The van der Waals surface area contributed by atoms with E-state index < -0.39 is 28.3 Å². The highest BCUT2D eigenvalue weighted by Gasteiger charge is 2.33. The summed E-state index contributed by atoms with van der Waals surface area (Å²) in [6, 6.07) is 7.51. The molecule has 0 aliphatic heterocycles. The normalized spacial score (nSPS) is 12.3. The zero-order chi connectivity index (χ0) is 20.4. The van der Waals surface area contributed by atoms with Crippen molar-refractivity contribution >= 4 is 11.8 Å². The molecule has 1 atom stereocenters. The van der Waals surface area contributed by atoms with Crippen LogP contribution >= 0.6 is 0 Å². The lowest BCUT2D eigenvalue weighted by molar-refractivity contribution is -0.386. The number of carbonyl (C=O) groups is 1. The molecule has 0 radical (unpaired) electrons. The monoisotopic (exact) mass is 376 g/mol. The molecule has 0 aromatic heterocycles. The molecular formula is C19H21FN2O5. The van der Waals surface area contributed by atoms with Crippen LogP contribution in [0.4, 0.5) is 14.9 Å². The van der Waals surface area contributed by atoms with Gasteiger partial charge in [0, 0.05) is 6.07 Å². The maximum Gasteiger partial charge on any atom is 0.405 e. The third-order valence-corrected chi connectivity index (χ3v) is 3.96. The van der Waals surface area contributed by atoms with Gasteiger partial charge < -0.3 is 15.2 Å². The van der Waals surface area contributed by atoms with Crippen molar-refractivity contribution in [3.05, 3.63) is 63.5 Å². The van der Waals surface area contributed by atoms with Crippen molar-refractivity contribution in [3.8, 4) is 11.5 Å². The van der Waals surface area contributed by atoms with Crippen LogP contribution in [0, 0.1) is 28.3 Å². The Morgan fingerprint density at radius 3 is 2.44 bits per heavy atom. The van der Waals surface area contributed by atoms with Gasteiger partial charge in [0.05, 0.1) is 16.5 Å². The molecule has 0 aliphatic rings. The van der Waals surface area contributed by atoms with E-state index in [1.807, 2.05) is 0 Å². The zero-order valence-electron chi connectivity index (χ0n) is 15.4. The van der Waals surface area contributed by atoms with Gasteiger partial charge >= 0.3 is 6.09 Å². The van der Waals surface area contributed by atoms with Gasteiger partial charge in [0.2, 0.25) is 0 Å². The Kier molecular flexibility index (Phi) is 5.68. The van der Waals surface area contributed by atoms with E-state index in [0.717, 1.165) is 5.56 Å². The lowest BCUT2D eigenvalue weighted by atomic mass is 9.81. The van der Waals surface area contributed by atoms with Crippen LogP contribution in [0.25, 0.3) is 0 Å². The average molecular weight is 376 g/mol. The van der Waals surface area contributed by atoms with Crippen LogP contribution in [0.15, 0.2) is 36.4 Å². The number of nitro benzene ring substituents is 1. The Morgan fingerprint density at radius 1 is 1.26 bits per heavy atom. The largest absolute Gasteiger partial charge is 0.465 e. The molecule has 1 unspecified atom stereocenters. The van der Waals surface area contributed by atoms with Crippen LogP contribution < -0.4 is 10.1 Å². The Hall–Kier alpha value is -3.16. The second-order valence-corrected chi connectivity index (χ2v) is 7.26. The van der Waals surface area contributed by atoms with Gasteiger partial charge in [0.1, 0.15) is 5.75 Å². The first-order chi connectivity index (χ1) is 12.5. The number of nitro groups is 1. The molecular weight excluding hydrogens is 355 g/mol. The molecule has 0 aliphatic carbocycles. The predicted octanol–water partition coefficient (Wildman–Crippen LogP) is 5.19. The summed E-state index contributed by atoms with van der Waals surface area (Å²) in [6.45, 7) is 7.00. The Morgan fingerprint density at radius 2 is 1.93 bits per heavy atom. The van der Waals surface area contributed by atoms with Gasteiger partial charge in [-0.25, -0.2) is 9.18 Å². The molecule has 0 bridgehead atoms. The maximum atomic E-state index is 14.0. The van der Waals surface area contributed by atoms with Crippen LogP contribution in [0.2, 0.25) is 0 Å². The van der Waals surface area contributed by atoms with Crippen molar-refractivity contribution in [2.45, 2.75) is 33.7 Å². The molecule has 2 aromatic rings. The molecule has 0 saturated heterocycles. The minimum Gasteiger partial charge on any atom is -0.465 e. The fourth-order valence-corrected chi connectivity index (χ4v) is 2.69. The number of rotatable bonds is 5. The molecule has 144 valence electrons. The molecule has 2 rings (SSSR count). The van der Waals surface area contributed by atoms with Gasteiger partial charge in [0.25, 0.3) is 5.69 Å². The van der Waals surface area contributed by atoms with E-state index in [9.17, 15) is 19.3 Å². The van der Waals surface area contributed by atoms with Crippen LogP contribution in [0.3, 0.4) is 0 Å². The van der Waals surface area contributed by atoms with Crippen molar-refractivity contribution in [1.29, 1.82) is 0 Å². The molecule has 2 aromatic carbocycles. The van der Waals surface area contributed by atoms with E-state index in [1.165, 1.54) is 30.3 Å². The third kappa shape index (κ3) is 4.93. The van der Waals surface area contributed by atoms with Crippen molar-refractivity contribution in [2.75, 3.05) is 0 Å². The molecule has 0 saturated carbocycles. The third-order valence-electron chi connectivity index (χ3n) is 3.96. The number of carboxylic acid groups (broad SMARTS) is 1. The van der Waals surface area contributed by atoms with Crippen molar-refractivity contribution < 1.29 is 24.0 Å². The smallest absolute Gasteiger partial charge is 0.405 e. The first kappa shape index (κ1) is 20.2. The summed E-state index contributed by atoms with van der Waals surface area (Å²) in [5, 5.41) is 22.9. The number of amides is 1. The Balaban J connectivity index is 2.52. The van der Waals surface area contributed by atoms with Gasteiger partial charge in [-0.15, -0.1) is 0 Å². The van der Waals surface area contributed by atoms with E-state index in [-0.39, 0.29) is 22.7 Å². The fraction of sp³-hybridized carbons (Fsp3) is 0.316. The number of halogens is 1. The zero-order valence-corrected chi connectivity index (χ0v) is 15.4. The number of nitrogens with one attached hydrogen (secondary N) is 1. The molecule has 2 N–H and O–H groups in total. The van der Waals surface area contributed by atoms with Gasteiger partial charge in [0.15, 0.2) is 11.6 Å². The quantitative estimate of drug-likeness (QED) is 0.552. The number of aryl methyl sites for hydroxylation is 1. The highest BCUT2D eigenvalue weighted by atomic mass is 19.1. The highest BCUT2D eigenvalue weighted by molar-refractivity contribution is 5.66. The van der Waals surface area contributed by atoms with E-state index in [1.54, 1.807) is 33.8 Å². The number of ether oxygens (including phenoxy) is 1. The number of benzene rings is 2. The van der Waals surface area contributed by atoms with Crippen LogP contribution in [-0.4, -0.2) is 16.1 Å². The van der Waals surface area contributed by atoms with E-state index in [2.05, 4.69) is 5.32 Å². The lowest BCUT2D eigenvalue weighted by Crippen LogP contribution is -2.36. The second-order valence-electron chi connectivity index (χ2n) is 7.26. The van der Waals surface area contributed by atoms with Crippen LogP contribution in [0.1, 0.15) is 37.9 Å². The van der Waals surface area contributed by atoms with Gasteiger partial charge in [-0.3, -0.25) is 10.1 Å². The highest BCUT2D eigenvalue weighted by Crippen LogP contribution is 2.40. The summed E-state index contributed by atoms with van der Waals surface area (Å²) in [4.78, 5) is 22.0. The molecule has 0 fully saturated rings. The predicted molar refractivity (Wildman–Crippen MR) is 97.7 cm³/mol. The van der Waals surface area contributed by atoms with Gasteiger partial charge in [-0.2, -0.15) is 0 Å². The summed E-state index contributed by atoms with van der Waals surface area (Å²) in [5.41, 5.74) is -0.0420. The summed E-state index contributed by atoms with van der Waals surface area (Å²) in [7, 11) is 0. The lowest BCUT2D eigenvalue weighted by Gasteiger charge is -2.30. The summed E-state index contributed by atoms with van der Waals surface area (Å²) < 4.78 is 19.6. The summed E-state index contributed by atoms with van der Waals surface area (Å²) in [6.07, 6.45) is -1.31. The molecule has 7 nitrogen and oxygen atoms in total. The Labute approximate surface area is 155 Å². The molecule has 8 heteroatoms. The molecule has 0 heterocycles. The Bertz CT molecular complexity index is 877. The van der Waals surface area contributed by atoms with Gasteiger partial charge in [-0.05, 0) is 42.2 Å². The number of hydrogen-bond donors (Lipinski definition) is 2. The first-order valence-corrected chi connectivity index (χ1v) is 8.21. The van der Waals surface area contributed by atoms with Gasteiger partial charge in [-0.1, -0.05) is 26.8 Å². The standard InChI is InChI=1S/C19H21FN2O5/c1-11-5-8-16(14(20)9-11)27-12-6-7-15(22(25)26)13(10-12)17(19(2,3)4)21-18(23)24/h5-10,17,21H,1-4H3,(H,23,24). The first-order valence-electron chi connectivity index (χ1n) is 8.21. The van der Waals surface area contributed by atoms with E-state index in [0.29, 0.717) is 0 Å². The summed E-state index contributed by atoms with van der Waals surface area (Å²) in [5.74, 6) is -0.426. The molecule has 27 heavy (non-hydrogen) atoms. The summed E-state index contributed by atoms with van der Waals surface area (Å²) >= 11 is 0. The van der Waals surface area contributed by atoms with Crippen molar-refractivity contribution in [3.63, 3.8) is 0 Å². The average Bonchev–Trinajstić information content (AvgIpc) is 2.54. The number of hydrogen-bond acceptors (Lipinski definition) is 4. The molecule has 1 amide bonds.